The van der Waals surface area contributed by atoms with Crippen molar-refractivity contribution in [3.63, 3.8) is 0 Å². The van der Waals surface area contributed by atoms with E-state index in [0.717, 1.165) is 12.0 Å². The molecular weight excluding hydrogens is 394 g/mol. The molecule has 4 rings (SSSR count). The smallest absolute Gasteiger partial charge is 0.255 e. The monoisotopic (exact) mass is 413 g/mol. The van der Waals surface area contributed by atoms with E-state index >= 15 is 0 Å². The van der Waals surface area contributed by atoms with Gasteiger partial charge in [-0.2, -0.15) is 4.98 Å². The van der Waals surface area contributed by atoms with Crippen LogP contribution in [-0.2, 0) is 6.42 Å². The molecule has 1 aromatic heterocycles. The second-order valence-electron chi connectivity index (χ2n) is 6.60. The molecular formula is C21H20ClN3O4. The van der Waals surface area contributed by atoms with Crippen LogP contribution in [0.15, 0.2) is 47.0 Å². The van der Waals surface area contributed by atoms with Gasteiger partial charge in [-0.25, -0.2) is 0 Å². The molecule has 0 saturated carbocycles. The molecule has 0 radical (unpaired) electrons. The minimum atomic E-state index is -0.104. The number of hydrogen-bond donors (Lipinski definition) is 0. The first-order valence-corrected chi connectivity index (χ1v) is 9.80. The first kappa shape index (κ1) is 19.3. The van der Waals surface area contributed by atoms with Crippen LogP contribution in [0.5, 0.6) is 11.5 Å². The van der Waals surface area contributed by atoms with Crippen molar-refractivity contribution in [1.29, 1.82) is 0 Å². The zero-order valence-electron chi connectivity index (χ0n) is 15.9. The summed E-state index contributed by atoms with van der Waals surface area (Å²) in [4.78, 5) is 19.1. The predicted molar refractivity (Wildman–Crippen MR) is 107 cm³/mol. The summed E-state index contributed by atoms with van der Waals surface area (Å²) in [6, 6.07) is 12.6. The summed E-state index contributed by atoms with van der Waals surface area (Å²) in [5.74, 6) is 2.19. The molecule has 1 aliphatic heterocycles. The van der Waals surface area contributed by atoms with Crippen molar-refractivity contribution in [3.05, 3.63) is 58.9 Å². The molecule has 0 atom stereocenters. The SMILES string of the molecule is CCCN(CCc1nc(-c2ccc3c(c2)OCO3)no1)C(=O)c1ccccc1Cl. The Morgan fingerprint density at radius 2 is 1.97 bits per heavy atom. The average molecular weight is 414 g/mol. The van der Waals surface area contributed by atoms with E-state index in [2.05, 4.69) is 10.1 Å². The number of nitrogens with zero attached hydrogens (tertiary/aromatic N) is 3. The number of benzene rings is 2. The lowest BCUT2D eigenvalue weighted by Crippen LogP contribution is -2.33. The number of halogens is 1. The topological polar surface area (TPSA) is 77.7 Å². The summed E-state index contributed by atoms with van der Waals surface area (Å²) in [6.45, 7) is 3.31. The maximum atomic E-state index is 12.9. The van der Waals surface area contributed by atoms with Crippen LogP contribution >= 0.6 is 11.6 Å². The van der Waals surface area contributed by atoms with E-state index in [9.17, 15) is 4.79 Å². The van der Waals surface area contributed by atoms with E-state index < -0.39 is 0 Å². The Kier molecular flexibility index (Phi) is 5.67. The Morgan fingerprint density at radius 1 is 1.14 bits per heavy atom. The van der Waals surface area contributed by atoms with Crippen molar-refractivity contribution in [2.75, 3.05) is 19.9 Å². The quantitative estimate of drug-likeness (QED) is 0.577. The first-order chi connectivity index (χ1) is 14.2. The molecule has 0 spiro atoms. The number of ether oxygens (including phenoxy) is 2. The van der Waals surface area contributed by atoms with Gasteiger partial charge in [0.2, 0.25) is 18.5 Å². The van der Waals surface area contributed by atoms with Crippen molar-refractivity contribution in [2.24, 2.45) is 0 Å². The molecule has 1 amide bonds. The number of fused-ring (bicyclic) bond motifs is 1. The maximum absolute atomic E-state index is 12.9. The van der Waals surface area contributed by atoms with Crippen LogP contribution in [0, 0.1) is 0 Å². The van der Waals surface area contributed by atoms with Gasteiger partial charge in [0.05, 0.1) is 10.6 Å². The van der Waals surface area contributed by atoms with Crippen LogP contribution in [0.3, 0.4) is 0 Å². The van der Waals surface area contributed by atoms with Crippen molar-refractivity contribution in [1.82, 2.24) is 15.0 Å². The number of hydrogen-bond acceptors (Lipinski definition) is 6. The van der Waals surface area contributed by atoms with Crippen LogP contribution in [-0.4, -0.2) is 40.8 Å². The summed E-state index contributed by atoms with van der Waals surface area (Å²) < 4.78 is 16.1. The molecule has 7 nitrogen and oxygen atoms in total. The van der Waals surface area contributed by atoms with Gasteiger partial charge < -0.3 is 18.9 Å². The maximum Gasteiger partial charge on any atom is 0.255 e. The molecule has 3 aromatic rings. The van der Waals surface area contributed by atoms with Gasteiger partial charge in [-0.05, 0) is 36.8 Å². The molecule has 8 heteroatoms. The van der Waals surface area contributed by atoms with Gasteiger partial charge >= 0.3 is 0 Å². The van der Waals surface area contributed by atoms with E-state index in [1.807, 2.05) is 25.1 Å². The molecule has 2 heterocycles. The molecule has 1 aliphatic rings. The lowest BCUT2D eigenvalue weighted by atomic mass is 10.2. The Bertz CT molecular complexity index is 1020. The molecule has 0 aliphatic carbocycles. The first-order valence-electron chi connectivity index (χ1n) is 9.42. The van der Waals surface area contributed by atoms with Gasteiger partial charge in [-0.1, -0.05) is 35.8 Å². The van der Waals surface area contributed by atoms with Gasteiger partial charge in [0.1, 0.15) is 0 Å². The molecule has 0 fully saturated rings. The molecule has 150 valence electrons. The van der Waals surface area contributed by atoms with Gasteiger partial charge in [0, 0.05) is 25.1 Å². The second-order valence-corrected chi connectivity index (χ2v) is 7.01. The van der Waals surface area contributed by atoms with Crippen LogP contribution in [0.4, 0.5) is 0 Å². The minimum absolute atomic E-state index is 0.104. The van der Waals surface area contributed by atoms with Crippen molar-refractivity contribution < 1.29 is 18.8 Å². The fraction of sp³-hybridized carbons (Fsp3) is 0.286. The Balaban J connectivity index is 1.45. The van der Waals surface area contributed by atoms with Gasteiger partial charge in [0.15, 0.2) is 11.5 Å². The van der Waals surface area contributed by atoms with Crippen LogP contribution in [0.25, 0.3) is 11.4 Å². The zero-order chi connectivity index (χ0) is 20.2. The van der Waals surface area contributed by atoms with E-state index in [0.29, 0.717) is 53.3 Å². The highest BCUT2D eigenvalue weighted by Crippen LogP contribution is 2.35. The largest absolute Gasteiger partial charge is 0.454 e. The van der Waals surface area contributed by atoms with Crippen LogP contribution in [0.1, 0.15) is 29.6 Å². The fourth-order valence-electron chi connectivity index (χ4n) is 3.13. The highest BCUT2D eigenvalue weighted by Gasteiger charge is 2.20. The van der Waals surface area contributed by atoms with Gasteiger partial charge in [0.25, 0.3) is 5.91 Å². The minimum Gasteiger partial charge on any atom is -0.454 e. The normalized spacial score (nSPS) is 12.2. The third kappa shape index (κ3) is 4.19. The van der Waals surface area contributed by atoms with E-state index in [1.165, 1.54) is 0 Å². The van der Waals surface area contributed by atoms with Crippen molar-refractivity contribution in [3.8, 4) is 22.9 Å². The molecule has 0 bridgehead atoms. The molecule has 0 saturated heterocycles. The summed E-state index contributed by atoms with van der Waals surface area (Å²) in [6.07, 6.45) is 1.29. The second kappa shape index (κ2) is 8.53. The summed E-state index contributed by atoms with van der Waals surface area (Å²) in [7, 11) is 0. The standard InChI is InChI=1S/C21H20ClN3O4/c1-2-10-25(21(26)15-5-3-4-6-16(15)22)11-9-19-23-20(24-29-19)14-7-8-17-18(12-14)28-13-27-17/h3-8,12H,2,9-11,13H2,1H3. The van der Waals surface area contributed by atoms with E-state index in [-0.39, 0.29) is 12.7 Å². The van der Waals surface area contributed by atoms with Gasteiger partial charge in [-0.15, -0.1) is 0 Å². The number of amides is 1. The highest BCUT2D eigenvalue weighted by atomic mass is 35.5. The summed E-state index contributed by atoms with van der Waals surface area (Å²) >= 11 is 6.18. The summed E-state index contributed by atoms with van der Waals surface area (Å²) in [5.41, 5.74) is 1.27. The number of carbonyl (C=O) groups excluding carboxylic acids is 1. The Morgan fingerprint density at radius 3 is 2.79 bits per heavy atom. The average Bonchev–Trinajstić information content (AvgIpc) is 3.39. The van der Waals surface area contributed by atoms with Crippen LogP contribution < -0.4 is 9.47 Å². The zero-order valence-corrected chi connectivity index (χ0v) is 16.7. The van der Waals surface area contributed by atoms with E-state index in [4.69, 9.17) is 25.6 Å². The summed E-state index contributed by atoms with van der Waals surface area (Å²) in [5, 5.41) is 4.49. The van der Waals surface area contributed by atoms with Crippen molar-refractivity contribution >= 4 is 17.5 Å². The number of carbonyl (C=O) groups is 1. The number of rotatable bonds is 7. The third-order valence-corrected chi connectivity index (χ3v) is 4.91. The fourth-order valence-corrected chi connectivity index (χ4v) is 3.35. The molecule has 0 unspecified atom stereocenters. The van der Waals surface area contributed by atoms with Crippen LogP contribution in [0.2, 0.25) is 5.02 Å². The lowest BCUT2D eigenvalue weighted by molar-refractivity contribution is 0.0754. The third-order valence-electron chi connectivity index (χ3n) is 4.58. The Labute approximate surface area is 173 Å². The lowest BCUT2D eigenvalue weighted by Gasteiger charge is -2.22. The Hall–Kier alpha value is -3.06. The van der Waals surface area contributed by atoms with Crippen molar-refractivity contribution in [2.45, 2.75) is 19.8 Å². The molecule has 2 aromatic carbocycles. The highest BCUT2D eigenvalue weighted by molar-refractivity contribution is 6.33. The predicted octanol–water partition coefficient (Wildman–Crippen LogP) is 4.21. The molecule has 29 heavy (non-hydrogen) atoms. The van der Waals surface area contributed by atoms with E-state index in [1.54, 1.807) is 29.2 Å². The van der Waals surface area contributed by atoms with Gasteiger partial charge in [-0.3, -0.25) is 4.79 Å². The molecule has 0 N–H and O–H groups in total. The number of aromatic nitrogens is 2.